The number of nitrogens with two attached hydrogens (primary N) is 1. The number of hydrogen-bond acceptors (Lipinski definition) is 5. The van der Waals surface area contributed by atoms with E-state index in [2.05, 4.69) is 35.6 Å². The van der Waals surface area contributed by atoms with Gasteiger partial charge < -0.3 is 15.4 Å². The van der Waals surface area contributed by atoms with Crippen molar-refractivity contribution in [2.45, 2.75) is 26.2 Å². The molecule has 1 aromatic heterocycles. The summed E-state index contributed by atoms with van der Waals surface area (Å²) >= 11 is 0. The van der Waals surface area contributed by atoms with Gasteiger partial charge in [-0.25, -0.2) is 4.98 Å². The van der Waals surface area contributed by atoms with Gasteiger partial charge in [0.05, 0.1) is 18.9 Å². The third kappa shape index (κ3) is 2.85. The van der Waals surface area contributed by atoms with Crippen LogP contribution in [0.3, 0.4) is 0 Å². The quantitative estimate of drug-likeness (QED) is 0.793. The Morgan fingerprint density at radius 1 is 1.24 bits per heavy atom. The summed E-state index contributed by atoms with van der Waals surface area (Å²) in [7, 11) is 0. The summed E-state index contributed by atoms with van der Waals surface area (Å²) in [6.45, 7) is 9.47. The van der Waals surface area contributed by atoms with Crippen molar-refractivity contribution in [1.82, 2.24) is 9.97 Å². The molecule has 0 atom stereocenters. The van der Waals surface area contributed by atoms with Crippen molar-refractivity contribution < 1.29 is 4.74 Å². The molecule has 2 N–H and O–H groups in total. The molecule has 5 heteroatoms. The van der Waals surface area contributed by atoms with Gasteiger partial charge in [0, 0.05) is 24.6 Å². The van der Waals surface area contributed by atoms with Gasteiger partial charge >= 0.3 is 0 Å². The second-order valence-electron chi connectivity index (χ2n) is 5.33. The maximum atomic E-state index is 5.85. The zero-order chi connectivity index (χ0) is 12.5. The van der Waals surface area contributed by atoms with Gasteiger partial charge in [-0.3, -0.25) is 0 Å². The molecule has 0 saturated carbocycles. The maximum absolute atomic E-state index is 5.85. The Morgan fingerprint density at radius 2 is 1.88 bits per heavy atom. The summed E-state index contributed by atoms with van der Waals surface area (Å²) < 4.78 is 5.32. The maximum Gasteiger partial charge on any atom is 0.227 e. The smallest absolute Gasteiger partial charge is 0.227 e. The van der Waals surface area contributed by atoms with Crippen molar-refractivity contribution in [1.29, 1.82) is 0 Å². The van der Waals surface area contributed by atoms with Crippen LogP contribution in [0.1, 0.15) is 26.5 Å². The molecule has 17 heavy (non-hydrogen) atoms. The monoisotopic (exact) mass is 236 g/mol. The van der Waals surface area contributed by atoms with Crippen LogP contribution in [0.4, 0.5) is 11.8 Å². The molecule has 0 aromatic carbocycles. The molecule has 2 rings (SSSR count). The molecule has 1 aliphatic rings. The standard InChI is InChI=1S/C12H20N4O/c1-12(2,3)9-8-10(13)15-11(14-9)16-4-6-17-7-5-16/h8H,4-7H2,1-3H3,(H2,13,14,15). The molecule has 0 unspecified atom stereocenters. The largest absolute Gasteiger partial charge is 0.384 e. The van der Waals surface area contributed by atoms with E-state index in [0.29, 0.717) is 5.82 Å². The predicted octanol–water partition coefficient (Wildman–Crippen LogP) is 1.19. The number of ether oxygens (including phenoxy) is 1. The zero-order valence-corrected chi connectivity index (χ0v) is 10.7. The average molecular weight is 236 g/mol. The molecule has 2 heterocycles. The highest BCUT2D eigenvalue weighted by molar-refractivity contribution is 5.42. The lowest BCUT2D eigenvalue weighted by molar-refractivity contribution is 0.122. The number of rotatable bonds is 1. The lowest BCUT2D eigenvalue weighted by Crippen LogP contribution is -2.37. The van der Waals surface area contributed by atoms with E-state index in [1.54, 1.807) is 0 Å². The second kappa shape index (κ2) is 4.49. The van der Waals surface area contributed by atoms with Crippen molar-refractivity contribution in [3.05, 3.63) is 11.8 Å². The summed E-state index contributed by atoms with van der Waals surface area (Å²) in [5.41, 5.74) is 6.82. The van der Waals surface area contributed by atoms with Crippen LogP contribution in [0, 0.1) is 0 Å². The summed E-state index contributed by atoms with van der Waals surface area (Å²) in [5.74, 6) is 1.25. The number of nitrogen functional groups attached to an aromatic ring is 1. The molecule has 0 radical (unpaired) electrons. The fourth-order valence-corrected chi connectivity index (χ4v) is 1.74. The summed E-state index contributed by atoms with van der Waals surface area (Å²) in [6.07, 6.45) is 0. The third-order valence-corrected chi connectivity index (χ3v) is 2.80. The fraction of sp³-hybridized carbons (Fsp3) is 0.667. The Bertz CT molecular complexity index is 394. The van der Waals surface area contributed by atoms with E-state index in [9.17, 15) is 0 Å². The van der Waals surface area contributed by atoms with Crippen molar-refractivity contribution in [3.63, 3.8) is 0 Å². The van der Waals surface area contributed by atoms with Gasteiger partial charge in [0.2, 0.25) is 5.95 Å². The zero-order valence-electron chi connectivity index (χ0n) is 10.7. The van der Waals surface area contributed by atoms with Crippen LogP contribution in [-0.2, 0) is 10.2 Å². The minimum atomic E-state index is -0.0158. The Hall–Kier alpha value is -1.36. The number of hydrogen-bond donors (Lipinski definition) is 1. The van der Waals surface area contributed by atoms with E-state index in [0.717, 1.165) is 37.9 Å². The van der Waals surface area contributed by atoms with Crippen molar-refractivity contribution in [2.75, 3.05) is 36.9 Å². The van der Waals surface area contributed by atoms with E-state index in [1.807, 2.05) is 6.07 Å². The normalized spacial score (nSPS) is 17.2. The minimum absolute atomic E-state index is 0.0158. The lowest BCUT2D eigenvalue weighted by Gasteiger charge is -2.28. The first-order valence-electron chi connectivity index (χ1n) is 5.94. The van der Waals surface area contributed by atoms with E-state index in [-0.39, 0.29) is 5.41 Å². The van der Waals surface area contributed by atoms with E-state index in [4.69, 9.17) is 10.5 Å². The summed E-state index contributed by atoms with van der Waals surface area (Å²) in [5, 5.41) is 0. The molecule has 1 saturated heterocycles. The molecular weight excluding hydrogens is 216 g/mol. The number of nitrogens with zero attached hydrogens (tertiary/aromatic N) is 3. The average Bonchev–Trinajstić information content (AvgIpc) is 2.28. The fourth-order valence-electron chi connectivity index (χ4n) is 1.74. The van der Waals surface area contributed by atoms with Gasteiger partial charge in [-0.15, -0.1) is 0 Å². The van der Waals surface area contributed by atoms with Crippen molar-refractivity contribution >= 4 is 11.8 Å². The van der Waals surface area contributed by atoms with E-state index >= 15 is 0 Å². The predicted molar refractivity (Wildman–Crippen MR) is 68.2 cm³/mol. The van der Waals surface area contributed by atoms with Gasteiger partial charge in [0.15, 0.2) is 0 Å². The second-order valence-corrected chi connectivity index (χ2v) is 5.33. The van der Waals surface area contributed by atoms with Crippen LogP contribution >= 0.6 is 0 Å². The first-order valence-corrected chi connectivity index (χ1v) is 5.94. The van der Waals surface area contributed by atoms with Gasteiger partial charge in [0.1, 0.15) is 5.82 Å². The Balaban J connectivity index is 2.31. The summed E-state index contributed by atoms with van der Waals surface area (Å²) in [6, 6.07) is 1.85. The van der Waals surface area contributed by atoms with E-state index in [1.165, 1.54) is 0 Å². The van der Waals surface area contributed by atoms with Crippen LogP contribution in [-0.4, -0.2) is 36.3 Å². The van der Waals surface area contributed by atoms with Crippen LogP contribution in [0.15, 0.2) is 6.07 Å². The van der Waals surface area contributed by atoms with Gasteiger partial charge in [-0.1, -0.05) is 20.8 Å². The van der Waals surface area contributed by atoms with Gasteiger partial charge in [0.25, 0.3) is 0 Å². The molecule has 0 spiro atoms. The van der Waals surface area contributed by atoms with Crippen LogP contribution in [0.2, 0.25) is 0 Å². The highest BCUT2D eigenvalue weighted by Gasteiger charge is 2.20. The van der Waals surface area contributed by atoms with Crippen LogP contribution in [0.5, 0.6) is 0 Å². The Labute approximate surface area is 102 Å². The molecule has 0 aliphatic carbocycles. The van der Waals surface area contributed by atoms with Crippen molar-refractivity contribution in [2.24, 2.45) is 0 Å². The van der Waals surface area contributed by atoms with Gasteiger partial charge in [-0.05, 0) is 0 Å². The molecule has 0 amide bonds. The minimum Gasteiger partial charge on any atom is -0.384 e. The summed E-state index contributed by atoms with van der Waals surface area (Å²) in [4.78, 5) is 11.0. The topological polar surface area (TPSA) is 64.3 Å². The SMILES string of the molecule is CC(C)(C)c1cc(N)nc(N2CCOCC2)n1. The number of aromatic nitrogens is 2. The van der Waals surface area contributed by atoms with Crippen molar-refractivity contribution in [3.8, 4) is 0 Å². The highest BCUT2D eigenvalue weighted by atomic mass is 16.5. The van der Waals surface area contributed by atoms with E-state index < -0.39 is 0 Å². The van der Waals surface area contributed by atoms with Gasteiger partial charge in [-0.2, -0.15) is 4.98 Å². The number of morpholine rings is 1. The first kappa shape index (κ1) is 12.1. The molecule has 1 aromatic rings. The Kier molecular flexibility index (Phi) is 3.19. The molecule has 94 valence electrons. The first-order chi connectivity index (χ1) is 7.97. The van der Waals surface area contributed by atoms with Crippen LogP contribution in [0.25, 0.3) is 0 Å². The molecule has 0 bridgehead atoms. The molecular formula is C12H20N4O. The Morgan fingerprint density at radius 3 is 2.47 bits per heavy atom. The number of anilines is 2. The molecule has 1 fully saturated rings. The highest BCUT2D eigenvalue weighted by Crippen LogP contribution is 2.23. The lowest BCUT2D eigenvalue weighted by atomic mass is 9.92. The molecule has 5 nitrogen and oxygen atoms in total. The van der Waals surface area contributed by atoms with Crippen LogP contribution < -0.4 is 10.6 Å². The molecule has 1 aliphatic heterocycles. The third-order valence-electron chi connectivity index (χ3n) is 2.80.